The van der Waals surface area contributed by atoms with Crippen molar-refractivity contribution < 1.29 is 23.9 Å². The van der Waals surface area contributed by atoms with Crippen molar-refractivity contribution in [1.82, 2.24) is 0 Å². The molecule has 0 saturated heterocycles. The predicted molar refractivity (Wildman–Crippen MR) is 118 cm³/mol. The first-order chi connectivity index (χ1) is 15.4. The van der Waals surface area contributed by atoms with Crippen LogP contribution in [0.1, 0.15) is 21.5 Å². The number of rotatable bonds is 7. The van der Waals surface area contributed by atoms with E-state index in [2.05, 4.69) is 6.07 Å². The molecule has 0 amide bonds. The highest BCUT2D eigenvalue weighted by atomic mass is 16.6. The number of benzene rings is 3. The molecule has 160 valence electrons. The van der Waals surface area contributed by atoms with E-state index in [-0.39, 0.29) is 17.0 Å². The van der Waals surface area contributed by atoms with Crippen molar-refractivity contribution in [2.24, 2.45) is 0 Å². The number of allylic oxidation sites excluding steroid dienone is 1. The molecule has 3 aromatic carbocycles. The number of esters is 1. The van der Waals surface area contributed by atoms with E-state index in [4.69, 9.17) is 14.2 Å². The lowest BCUT2D eigenvalue weighted by Gasteiger charge is -2.09. The van der Waals surface area contributed by atoms with Crippen molar-refractivity contribution in [3.63, 3.8) is 0 Å². The average Bonchev–Trinajstić information content (AvgIpc) is 2.83. The van der Waals surface area contributed by atoms with Crippen molar-refractivity contribution in [2.45, 2.75) is 0 Å². The summed E-state index contributed by atoms with van der Waals surface area (Å²) in [5, 5.41) is 20.5. The van der Waals surface area contributed by atoms with Crippen LogP contribution in [0.3, 0.4) is 0 Å². The zero-order valence-corrected chi connectivity index (χ0v) is 17.3. The molecular formula is C24H18N2O6. The van der Waals surface area contributed by atoms with Gasteiger partial charge in [0.1, 0.15) is 5.75 Å². The molecule has 0 atom stereocenters. The second kappa shape index (κ2) is 9.91. The third kappa shape index (κ3) is 5.09. The molecule has 0 bridgehead atoms. The summed E-state index contributed by atoms with van der Waals surface area (Å²) in [6.07, 6.45) is 1.69. The zero-order valence-electron chi connectivity index (χ0n) is 17.3. The first-order valence-corrected chi connectivity index (χ1v) is 9.36. The largest absolute Gasteiger partial charge is 0.493 e. The second-order valence-corrected chi connectivity index (χ2v) is 6.51. The van der Waals surface area contributed by atoms with Gasteiger partial charge in [0.05, 0.1) is 36.3 Å². The molecule has 0 heterocycles. The number of hydrogen-bond acceptors (Lipinski definition) is 7. The van der Waals surface area contributed by atoms with Gasteiger partial charge in [-0.3, -0.25) is 10.1 Å². The maximum atomic E-state index is 12.3. The fourth-order valence-corrected chi connectivity index (χ4v) is 2.90. The molecule has 0 radical (unpaired) electrons. The minimum atomic E-state index is -0.708. The first kappa shape index (κ1) is 22.1. The van der Waals surface area contributed by atoms with Gasteiger partial charge in [-0.1, -0.05) is 18.2 Å². The predicted octanol–water partition coefficient (Wildman–Crippen LogP) is 4.90. The summed E-state index contributed by atoms with van der Waals surface area (Å²) in [4.78, 5) is 22.6. The van der Waals surface area contributed by atoms with Gasteiger partial charge in [0.15, 0.2) is 11.5 Å². The maximum Gasteiger partial charge on any atom is 0.343 e. The molecule has 0 saturated carbocycles. The molecule has 32 heavy (non-hydrogen) atoms. The molecule has 0 aliphatic heterocycles. The summed E-state index contributed by atoms with van der Waals surface area (Å²) in [7, 11) is 3.05. The molecule has 0 aromatic heterocycles. The molecule has 0 spiro atoms. The third-order valence-corrected chi connectivity index (χ3v) is 4.51. The molecule has 8 heteroatoms. The fourth-order valence-electron chi connectivity index (χ4n) is 2.90. The molecule has 8 nitrogen and oxygen atoms in total. The number of hydrogen-bond donors (Lipinski definition) is 0. The van der Waals surface area contributed by atoms with Crippen molar-refractivity contribution >= 4 is 23.3 Å². The van der Waals surface area contributed by atoms with Crippen LogP contribution in [0.15, 0.2) is 66.7 Å². The van der Waals surface area contributed by atoms with E-state index >= 15 is 0 Å². The highest BCUT2D eigenvalue weighted by Crippen LogP contribution is 2.31. The number of carbonyl (C=O) groups excluding carboxylic acids is 1. The second-order valence-electron chi connectivity index (χ2n) is 6.51. The Labute approximate surface area is 184 Å². The monoisotopic (exact) mass is 430 g/mol. The van der Waals surface area contributed by atoms with Gasteiger partial charge in [-0.25, -0.2) is 4.79 Å². The van der Waals surface area contributed by atoms with Crippen LogP contribution >= 0.6 is 0 Å². The lowest BCUT2D eigenvalue weighted by atomic mass is 10.0. The summed E-state index contributed by atoms with van der Waals surface area (Å²) in [6.45, 7) is 0. The number of nitro benzene ring substituents is 1. The van der Waals surface area contributed by atoms with Crippen molar-refractivity contribution in [2.75, 3.05) is 14.2 Å². The molecule has 0 aliphatic rings. The molecule has 3 rings (SSSR count). The van der Waals surface area contributed by atoms with Gasteiger partial charge in [0.25, 0.3) is 5.69 Å². The molecule has 0 unspecified atom stereocenters. The topological polar surface area (TPSA) is 112 Å². The van der Waals surface area contributed by atoms with Crippen LogP contribution in [0, 0.1) is 21.4 Å². The highest BCUT2D eigenvalue weighted by molar-refractivity contribution is 5.92. The standard InChI is InChI=1S/C24H18N2O6/c1-30-22-11-8-17(14-23(22)31-2)19(15-25)12-16-6-9-21(10-7-16)32-24(27)18-4-3-5-20(13-18)26(28)29/h3-14H,1-2H3/b19-12-. The Balaban J connectivity index is 1.78. The third-order valence-electron chi connectivity index (χ3n) is 4.51. The van der Waals surface area contributed by atoms with Crippen LogP contribution in [0.2, 0.25) is 0 Å². The summed E-state index contributed by atoms with van der Waals surface area (Å²) in [5.74, 6) is 0.626. The maximum absolute atomic E-state index is 12.3. The minimum Gasteiger partial charge on any atom is -0.493 e. The lowest BCUT2D eigenvalue weighted by molar-refractivity contribution is -0.384. The summed E-state index contributed by atoms with van der Waals surface area (Å²) in [6, 6.07) is 19.2. The summed E-state index contributed by atoms with van der Waals surface area (Å²) < 4.78 is 15.8. The number of methoxy groups -OCH3 is 2. The van der Waals surface area contributed by atoms with E-state index in [1.165, 1.54) is 32.4 Å². The van der Waals surface area contributed by atoms with Crippen LogP contribution in [-0.4, -0.2) is 25.1 Å². The molecule has 0 fully saturated rings. The van der Waals surface area contributed by atoms with Gasteiger partial charge in [0.2, 0.25) is 0 Å². The number of carbonyl (C=O) groups is 1. The van der Waals surface area contributed by atoms with Crippen molar-refractivity contribution in [3.05, 3.63) is 93.5 Å². The number of nitrogens with zero attached hydrogens (tertiary/aromatic N) is 2. The van der Waals surface area contributed by atoms with E-state index in [0.29, 0.717) is 28.2 Å². The normalized spacial score (nSPS) is 10.7. The van der Waals surface area contributed by atoms with E-state index in [0.717, 1.165) is 6.07 Å². The van der Waals surface area contributed by atoms with Crippen molar-refractivity contribution in [1.29, 1.82) is 5.26 Å². The number of nitriles is 1. The minimum absolute atomic E-state index is 0.0726. The molecule has 0 aliphatic carbocycles. The Hall–Kier alpha value is -4.64. The number of ether oxygens (including phenoxy) is 3. The smallest absolute Gasteiger partial charge is 0.343 e. The summed E-state index contributed by atoms with van der Waals surface area (Å²) in [5.41, 5.74) is 1.66. The van der Waals surface area contributed by atoms with Crippen LogP contribution in [0.25, 0.3) is 11.6 Å². The van der Waals surface area contributed by atoms with Gasteiger partial charge in [0, 0.05) is 12.1 Å². The Bertz CT molecular complexity index is 1230. The quantitative estimate of drug-likeness (QED) is 0.131. The average molecular weight is 430 g/mol. The molecule has 3 aromatic rings. The van der Waals surface area contributed by atoms with E-state index in [1.807, 2.05) is 0 Å². The zero-order chi connectivity index (χ0) is 23.1. The Kier molecular flexibility index (Phi) is 6.83. The van der Waals surface area contributed by atoms with Crippen LogP contribution in [0.4, 0.5) is 5.69 Å². The van der Waals surface area contributed by atoms with Gasteiger partial charge < -0.3 is 14.2 Å². The fraction of sp³-hybridized carbons (Fsp3) is 0.0833. The van der Waals surface area contributed by atoms with E-state index < -0.39 is 10.9 Å². The number of nitro groups is 1. The Morgan fingerprint density at radius 3 is 2.31 bits per heavy atom. The SMILES string of the molecule is COc1ccc(/C(C#N)=C\c2ccc(OC(=O)c3cccc([N+](=O)[O-])c3)cc2)cc1OC. The van der Waals surface area contributed by atoms with Gasteiger partial charge >= 0.3 is 5.97 Å². The molecule has 0 N–H and O–H groups in total. The van der Waals surface area contributed by atoms with Crippen LogP contribution < -0.4 is 14.2 Å². The number of non-ortho nitro benzene ring substituents is 1. The highest BCUT2D eigenvalue weighted by Gasteiger charge is 2.13. The summed E-state index contributed by atoms with van der Waals surface area (Å²) >= 11 is 0. The van der Waals surface area contributed by atoms with Crippen LogP contribution in [0.5, 0.6) is 17.2 Å². The van der Waals surface area contributed by atoms with Crippen LogP contribution in [-0.2, 0) is 0 Å². The van der Waals surface area contributed by atoms with Gasteiger partial charge in [-0.05, 0) is 53.6 Å². The Morgan fingerprint density at radius 2 is 1.69 bits per heavy atom. The van der Waals surface area contributed by atoms with Crippen molar-refractivity contribution in [3.8, 4) is 23.3 Å². The van der Waals surface area contributed by atoms with E-state index in [1.54, 1.807) is 48.5 Å². The van der Waals surface area contributed by atoms with E-state index in [9.17, 15) is 20.2 Å². The Morgan fingerprint density at radius 1 is 0.969 bits per heavy atom. The first-order valence-electron chi connectivity index (χ1n) is 9.36. The lowest BCUT2D eigenvalue weighted by Crippen LogP contribution is -2.08. The van der Waals surface area contributed by atoms with Gasteiger partial charge in [-0.2, -0.15) is 5.26 Å². The molecular weight excluding hydrogens is 412 g/mol. The van der Waals surface area contributed by atoms with Gasteiger partial charge in [-0.15, -0.1) is 0 Å².